The van der Waals surface area contributed by atoms with Crippen molar-refractivity contribution >= 4 is 21.4 Å². The van der Waals surface area contributed by atoms with E-state index in [4.69, 9.17) is 4.42 Å². The molecule has 0 amide bonds. The Morgan fingerprint density at radius 1 is 0.848 bits per heavy atom. The fourth-order valence-corrected chi connectivity index (χ4v) is 4.52. The lowest BCUT2D eigenvalue weighted by atomic mass is 10.1. The number of benzene rings is 3. The molecule has 0 aliphatic carbocycles. The number of anilines is 2. The first-order valence-corrected chi connectivity index (χ1v) is 12.1. The van der Waals surface area contributed by atoms with Crippen molar-refractivity contribution in [3.63, 3.8) is 0 Å². The first-order chi connectivity index (χ1) is 15.7. The number of nitrogens with zero attached hydrogens (tertiary/aromatic N) is 2. The summed E-state index contributed by atoms with van der Waals surface area (Å²) in [6.07, 6.45) is 0. The predicted molar refractivity (Wildman–Crippen MR) is 130 cm³/mol. The number of hydrogen-bond donors (Lipinski definition) is 2. The molecule has 8 heteroatoms. The second-order valence-electron chi connectivity index (χ2n) is 8.11. The molecule has 0 saturated carbocycles. The Morgan fingerprint density at radius 2 is 1.61 bits per heavy atom. The van der Waals surface area contributed by atoms with Crippen LogP contribution in [0.2, 0.25) is 0 Å². The van der Waals surface area contributed by atoms with Crippen LogP contribution in [0, 0.1) is 20.8 Å². The van der Waals surface area contributed by atoms with E-state index in [1.54, 1.807) is 36.4 Å². The van der Waals surface area contributed by atoms with Gasteiger partial charge in [0.1, 0.15) is 6.04 Å². The molecule has 2 N–H and O–H groups in total. The van der Waals surface area contributed by atoms with Crippen molar-refractivity contribution in [3.05, 3.63) is 89.3 Å². The predicted octanol–water partition coefficient (Wildman–Crippen LogP) is 5.64. The summed E-state index contributed by atoms with van der Waals surface area (Å²) in [5.41, 5.74) is 5.11. The molecule has 3 aromatic carbocycles. The van der Waals surface area contributed by atoms with Crippen LogP contribution in [0.4, 0.5) is 11.4 Å². The van der Waals surface area contributed by atoms with Crippen molar-refractivity contribution in [2.24, 2.45) is 0 Å². The first-order valence-electron chi connectivity index (χ1n) is 10.6. The van der Waals surface area contributed by atoms with Crippen LogP contribution in [0.5, 0.6) is 0 Å². The summed E-state index contributed by atoms with van der Waals surface area (Å²) < 4.78 is 34.1. The average molecular weight is 463 g/mol. The third-order valence-corrected chi connectivity index (χ3v) is 6.74. The monoisotopic (exact) mass is 462 g/mol. The van der Waals surface area contributed by atoms with Gasteiger partial charge in [-0.3, -0.25) is 4.72 Å². The second-order valence-corrected chi connectivity index (χ2v) is 9.80. The van der Waals surface area contributed by atoms with Gasteiger partial charge in [0.15, 0.2) is 0 Å². The molecule has 0 bridgehead atoms. The van der Waals surface area contributed by atoms with Crippen LogP contribution >= 0.6 is 0 Å². The molecule has 170 valence electrons. The number of aryl methyl sites for hydroxylation is 3. The van der Waals surface area contributed by atoms with Crippen molar-refractivity contribution in [2.75, 3.05) is 10.0 Å². The summed E-state index contributed by atoms with van der Waals surface area (Å²) in [5.74, 6) is 0.893. The molecule has 0 fully saturated rings. The van der Waals surface area contributed by atoms with Gasteiger partial charge in [-0.2, -0.15) is 0 Å². The smallest absolute Gasteiger partial charge is 0.261 e. The molecule has 33 heavy (non-hydrogen) atoms. The number of aromatic nitrogens is 2. The summed E-state index contributed by atoms with van der Waals surface area (Å²) in [7, 11) is -3.70. The molecule has 0 aliphatic heterocycles. The summed E-state index contributed by atoms with van der Waals surface area (Å²) in [6, 6.07) is 19.7. The van der Waals surface area contributed by atoms with Crippen LogP contribution in [-0.4, -0.2) is 18.6 Å². The first kappa shape index (κ1) is 22.5. The van der Waals surface area contributed by atoms with E-state index in [0.717, 1.165) is 27.9 Å². The van der Waals surface area contributed by atoms with Crippen molar-refractivity contribution in [1.29, 1.82) is 0 Å². The molecule has 0 spiro atoms. The Labute approximate surface area is 193 Å². The molecule has 1 unspecified atom stereocenters. The van der Waals surface area contributed by atoms with Crippen LogP contribution in [0.3, 0.4) is 0 Å². The van der Waals surface area contributed by atoms with Gasteiger partial charge in [-0.05, 0) is 81.3 Å². The summed E-state index contributed by atoms with van der Waals surface area (Å²) >= 11 is 0. The van der Waals surface area contributed by atoms with Gasteiger partial charge in [-0.15, -0.1) is 10.2 Å². The Kier molecular flexibility index (Phi) is 6.20. The SMILES string of the molecule is Cc1cccc(-c2nnc(C(C)Nc3cccc(NS(=O)(=O)c4ccc(C)c(C)c4)c3)o2)c1. The topological polar surface area (TPSA) is 97.1 Å². The fourth-order valence-electron chi connectivity index (χ4n) is 3.38. The number of nitrogens with one attached hydrogen (secondary N) is 2. The Bertz CT molecular complexity index is 1400. The highest BCUT2D eigenvalue weighted by Gasteiger charge is 2.17. The Balaban J connectivity index is 1.48. The molecule has 7 nitrogen and oxygen atoms in total. The molecule has 4 aromatic rings. The van der Waals surface area contributed by atoms with Crippen LogP contribution in [0.25, 0.3) is 11.5 Å². The van der Waals surface area contributed by atoms with Gasteiger partial charge in [0.2, 0.25) is 11.8 Å². The second kappa shape index (κ2) is 9.07. The molecule has 0 saturated heterocycles. The fraction of sp³-hybridized carbons (Fsp3) is 0.200. The molecule has 1 atom stereocenters. The summed E-state index contributed by atoms with van der Waals surface area (Å²) in [5, 5.41) is 11.6. The molecule has 0 radical (unpaired) electrons. The third-order valence-electron chi connectivity index (χ3n) is 5.36. The van der Waals surface area contributed by atoms with E-state index in [1.807, 2.05) is 58.0 Å². The Hall–Kier alpha value is -3.65. The Morgan fingerprint density at radius 3 is 2.36 bits per heavy atom. The van der Waals surface area contributed by atoms with Gasteiger partial charge >= 0.3 is 0 Å². The van der Waals surface area contributed by atoms with Gasteiger partial charge in [-0.1, -0.05) is 29.8 Å². The van der Waals surface area contributed by atoms with Crippen LogP contribution in [-0.2, 0) is 10.0 Å². The van der Waals surface area contributed by atoms with Crippen LogP contribution in [0.15, 0.2) is 76.0 Å². The van der Waals surface area contributed by atoms with Gasteiger partial charge in [0.05, 0.1) is 10.6 Å². The highest BCUT2D eigenvalue weighted by atomic mass is 32.2. The van der Waals surface area contributed by atoms with E-state index in [1.165, 1.54) is 0 Å². The maximum absolute atomic E-state index is 12.8. The highest BCUT2D eigenvalue weighted by molar-refractivity contribution is 7.92. The van der Waals surface area contributed by atoms with Gasteiger partial charge < -0.3 is 9.73 Å². The number of sulfonamides is 1. The van der Waals surface area contributed by atoms with Crippen molar-refractivity contribution in [2.45, 2.75) is 38.6 Å². The quantitative estimate of drug-likeness (QED) is 0.369. The molecule has 4 rings (SSSR count). The minimum Gasteiger partial charge on any atom is -0.418 e. The van der Waals surface area contributed by atoms with Crippen molar-refractivity contribution < 1.29 is 12.8 Å². The molecule has 0 aliphatic rings. The molecule has 1 heterocycles. The lowest BCUT2D eigenvalue weighted by Gasteiger charge is -2.14. The van der Waals surface area contributed by atoms with E-state index in [2.05, 4.69) is 20.2 Å². The number of rotatable bonds is 7. The van der Waals surface area contributed by atoms with Crippen molar-refractivity contribution in [1.82, 2.24) is 10.2 Å². The van der Waals surface area contributed by atoms with E-state index >= 15 is 0 Å². The summed E-state index contributed by atoms with van der Waals surface area (Å²) in [6.45, 7) is 7.75. The van der Waals surface area contributed by atoms with E-state index < -0.39 is 10.0 Å². The molecule has 1 aromatic heterocycles. The van der Waals surface area contributed by atoms with Crippen LogP contribution in [0.1, 0.15) is 35.5 Å². The maximum atomic E-state index is 12.8. The maximum Gasteiger partial charge on any atom is 0.261 e. The minimum atomic E-state index is -3.70. The number of hydrogen-bond acceptors (Lipinski definition) is 6. The zero-order chi connectivity index (χ0) is 23.6. The average Bonchev–Trinajstić information content (AvgIpc) is 3.26. The van der Waals surface area contributed by atoms with Crippen LogP contribution < -0.4 is 10.0 Å². The van der Waals surface area contributed by atoms with Gasteiger partial charge in [0.25, 0.3) is 10.0 Å². The van der Waals surface area contributed by atoms with Gasteiger partial charge in [0, 0.05) is 11.3 Å². The standard InChI is InChI=1S/C25H26N4O3S/c1-16-7-5-8-20(13-16)25-28-27-24(32-25)19(4)26-21-9-6-10-22(15-21)29-33(30,31)23-12-11-17(2)18(3)14-23/h5-15,19,26,29H,1-4H3. The molecular formula is C25H26N4O3S. The summed E-state index contributed by atoms with van der Waals surface area (Å²) in [4.78, 5) is 0.229. The minimum absolute atomic E-state index is 0.229. The lowest BCUT2D eigenvalue weighted by molar-refractivity contribution is 0.485. The van der Waals surface area contributed by atoms with Crippen molar-refractivity contribution in [3.8, 4) is 11.5 Å². The zero-order valence-electron chi connectivity index (χ0n) is 19.0. The largest absolute Gasteiger partial charge is 0.418 e. The van der Waals surface area contributed by atoms with Gasteiger partial charge in [-0.25, -0.2) is 8.42 Å². The lowest BCUT2D eigenvalue weighted by Crippen LogP contribution is -2.13. The molecular weight excluding hydrogens is 436 g/mol. The van der Waals surface area contributed by atoms with E-state index in [-0.39, 0.29) is 10.9 Å². The highest BCUT2D eigenvalue weighted by Crippen LogP contribution is 2.26. The normalized spacial score (nSPS) is 12.4. The van der Waals surface area contributed by atoms with E-state index in [9.17, 15) is 8.42 Å². The third kappa shape index (κ3) is 5.23. The zero-order valence-corrected chi connectivity index (χ0v) is 19.8. The van der Waals surface area contributed by atoms with E-state index in [0.29, 0.717) is 17.5 Å².